The van der Waals surface area contributed by atoms with Gasteiger partial charge in [0, 0.05) is 11.5 Å². The highest BCUT2D eigenvalue weighted by atomic mass is 79.9. The molecule has 0 aliphatic rings. The molecule has 1 aromatic carbocycles. The van der Waals surface area contributed by atoms with Crippen LogP contribution in [0.25, 0.3) is 0 Å². The number of ether oxygens (including phenoxy) is 1. The number of aromatic nitrogens is 2. The molecular weight excluding hydrogens is 348 g/mol. The molecule has 0 atom stereocenters. The van der Waals surface area contributed by atoms with Crippen LogP contribution in [-0.4, -0.2) is 25.1 Å². The number of methoxy groups -OCH3 is 1. The average molecular weight is 361 g/mol. The lowest BCUT2D eigenvalue weighted by Crippen LogP contribution is -2.18. The number of hydrogen-bond donors (Lipinski definition) is 2. The summed E-state index contributed by atoms with van der Waals surface area (Å²) in [5.74, 6) is 0.339. The van der Waals surface area contributed by atoms with Crippen LogP contribution in [0.1, 0.15) is 0 Å². The van der Waals surface area contributed by atoms with Crippen molar-refractivity contribution < 1.29 is 13.2 Å². The summed E-state index contributed by atoms with van der Waals surface area (Å²) in [6.07, 6.45) is 1.34. The number of imidazole rings is 1. The summed E-state index contributed by atoms with van der Waals surface area (Å²) in [5.41, 5.74) is 5.90. The minimum Gasteiger partial charge on any atom is -0.495 e. The molecule has 0 spiro atoms. The first-order valence-electron chi connectivity index (χ1n) is 5.48. The Labute approximate surface area is 124 Å². The average Bonchev–Trinajstić information content (AvgIpc) is 2.69. The number of nitrogens with zero attached hydrogens (tertiary/aromatic N) is 2. The highest BCUT2D eigenvalue weighted by molar-refractivity contribution is 9.10. The molecule has 0 bridgehead atoms. The van der Waals surface area contributed by atoms with E-state index in [1.165, 1.54) is 18.0 Å². The molecule has 0 amide bonds. The molecule has 108 valence electrons. The summed E-state index contributed by atoms with van der Waals surface area (Å²) in [4.78, 5) is 3.77. The third-order valence-electron chi connectivity index (χ3n) is 2.57. The van der Waals surface area contributed by atoms with Gasteiger partial charge in [-0.3, -0.25) is 4.72 Å². The largest absolute Gasteiger partial charge is 0.495 e. The van der Waals surface area contributed by atoms with Crippen LogP contribution in [-0.2, 0) is 17.1 Å². The number of sulfonamides is 1. The number of benzene rings is 1. The molecule has 0 fully saturated rings. The predicted octanol–water partition coefficient (Wildman–Crippen LogP) is 1.57. The van der Waals surface area contributed by atoms with Crippen LogP contribution < -0.4 is 15.2 Å². The van der Waals surface area contributed by atoms with Crippen LogP contribution in [0.3, 0.4) is 0 Å². The van der Waals surface area contributed by atoms with Crippen molar-refractivity contribution in [3.8, 4) is 5.75 Å². The van der Waals surface area contributed by atoms with Gasteiger partial charge in [-0.15, -0.1) is 0 Å². The number of aryl methyl sites for hydroxylation is 1. The topological polar surface area (TPSA) is 99.2 Å². The highest BCUT2D eigenvalue weighted by Crippen LogP contribution is 2.30. The zero-order valence-corrected chi connectivity index (χ0v) is 13.2. The quantitative estimate of drug-likeness (QED) is 0.861. The Morgan fingerprint density at radius 3 is 2.70 bits per heavy atom. The van der Waals surface area contributed by atoms with E-state index < -0.39 is 10.0 Å². The monoisotopic (exact) mass is 360 g/mol. The van der Waals surface area contributed by atoms with Crippen LogP contribution >= 0.6 is 15.9 Å². The minimum absolute atomic E-state index is 0.0611. The molecule has 2 aromatic rings. The maximum Gasteiger partial charge on any atom is 0.281 e. The molecule has 0 aliphatic carbocycles. The molecule has 0 saturated carbocycles. The Hall–Kier alpha value is -1.74. The first-order chi connectivity index (χ1) is 9.35. The van der Waals surface area contributed by atoms with Gasteiger partial charge in [-0.05, 0) is 18.2 Å². The molecule has 7 nitrogen and oxygen atoms in total. The number of halogens is 1. The van der Waals surface area contributed by atoms with E-state index in [1.54, 1.807) is 25.2 Å². The summed E-state index contributed by atoms with van der Waals surface area (Å²) < 4.78 is 34.3. The Bertz CT molecular complexity index is 723. The van der Waals surface area contributed by atoms with Gasteiger partial charge in [-0.1, -0.05) is 15.9 Å². The number of rotatable bonds is 4. The standard InChI is InChI=1S/C11H13BrN4O3S/c1-16-6-14-10(13)11(16)20(17,18)15-8-5-7(12)3-4-9(8)19-2/h3-6,15H,13H2,1-2H3. The molecule has 3 N–H and O–H groups in total. The van der Waals surface area contributed by atoms with E-state index in [9.17, 15) is 8.42 Å². The van der Waals surface area contributed by atoms with E-state index in [2.05, 4.69) is 25.6 Å². The number of nitrogens with two attached hydrogens (primary N) is 1. The highest BCUT2D eigenvalue weighted by Gasteiger charge is 2.23. The predicted molar refractivity (Wildman–Crippen MR) is 79.1 cm³/mol. The lowest BCUT2D eigenvalue weighted by molar-refractivity contribution is 0.417. The fourth-order valence-electron chi connectivity index (χ4n) is 1.72. The summed E-state index contributed by atoms with van der Waals surface area (Å²) in [6.45, 7) is 0. The van der Waals surface area contributed by atoms with Gasteiger partial charge < -0.3 is 15.0 Å². The molecule has 1 aromatic heterocycles. The Balaban J connectivity index is 2.46. The van der Waals surface area contributed by atoms with Crippen LogP contribution in [0.15, 0.2) is 34.0 Å². The molecule has 1 heterocycles. The van der Waals surface area contributed by atoms with Gasteiger partial charge in [0.25, 0.3) is 10.0 Å². The molecule has 2 rings (SSSR count). The van der Waals surface area contributed by atoms with E-state index in [-0.39, 0.29) is 10.8 Å². The molecular formula is C11H13BrN4O3S. The zero-order chi connectivity index (χ0) is 14.9. The van der Waals surface area contributed by atoms with Gasteiger partial charge in [0.15, 0.2) is 10.8 Å². The SMILES string of the molecule is COc1ccc(Br)cc1NS(=O)(=O)c1c(N)ncn1C. The Kier molecular flexibility index (Phi) is 3.91. The smallest absolute Gasteiger partial charge is 0.281 e. The lowest BCUT2D eigenvalue weighted by Gasteiger charge is -2.12. The van der Waals surface area contributed by atoms with E-state index >= 15 is 0 Å². The Morgan fingerprint density at radius 1 is 1.45 bits per heavy atom. The van der Waals surface area contributed by atoms with Gasteiger partial charge in [-0.2, -0.15) is 8.42 Å². The molecule has 0 aliphatic heterocycles. The van der Waals surface area contributed by atoms with E-state index in [4.69, 9.17) is 10.5 Å². The van der Waals surface area contributed by atoms with Crippen LogP contribution in [0.5, 0.6) is 5.75 Å². The van der Waals surface area contributed by atoms with E-state index in [1.807, 2.05) is 0 Å². The first-order valence-corrected chi connectivity index (χ1v) is 7.76. The second-order valence-corrected chi connectivity index (χ2v) is 6.51. The fourth-order valence-corrected chi connectivity index (χ4v) is 3.38. The number of nitrogens with one attached hydrogen (secondary N) is 1. The van der Waals surface area contributed by atoms with Crippen molar-refractivity contribution in [2.45, 2.75) is 5.03 Å². The normalized spacial score (nSPS) is 11.3. The van der Waals surface area contributed by atoms with Gasteiger partial charge in [-0.25, -0.2) is 4.98 Å². The van der Waals surface area contributed by atoms with Crippen molar-refractivity contribution in [3.05, 3.63) is 29.0 Å². The number of nitrogen functional groups attached to an aromatic ring is 1. The van der Waals surface area contributed by atoms with Crippen molar-refractivity contribution in [3.63, 3.8) is 0 Å². The van der Waals surface area contributed by atoms with Gasteiger partial charge in [0.1, 0.15) is 5.75 Å². The Morgan fingerprint density at radius 2 is 2.15 bits per heavy atom. The second kappa shape index (κ2) is 5.33. The molecule has 0 unspecified atom stereocenters. The zero-order valence-electron chi connectivity index (χ0n) is 10.8. The van der Waals surface area contributed by atoms with Crippen molar-refractivity contribution in [1.82, 2.24) is 9.55 Å². The van der Waals surface area contributed by atoms with Crippen molar-refractivity contribution in [2.24, 2.45) is 7.05 Å². The van der Waals surface area contributed by atoms with Crippen LogP contribution in [0, 0.1) is 0 Å². The lowest BCUT2D eigenvalue weighted by atomic mass is 10.3. The van der Waals surface area contributed by atoms with Gasteiger partial charge >= 0.3 is 0 Å². The molecule has 20 heavy (non-hydrogen) atoms. The number of anilines is 2. The molecule has 0 saturated heterocycles. The van der Waals surface area contributed by atoms with Crippen LogP contribution in [0.4, 0.5) is 11.5 Å². The third-order valence-corrected chi connectivity index (χ3v) is 4.56. The summed E-state index contributed by atoms with van der Waals surface area (Å²) in [7, 11) is -0.847. The third kappa shape index (κ3) is 2.73. The summed E-state index contributed by atoms with van der Waals surface area (Å²) in [6, 6.07) is 4.99. The first kappa shape index (κ1) is 14.7. The maximum atomic E-state index is 12.4. The second-order valence-electron chi connectivity index (χ2n) is 4.00. The van der Waals surface area contributed by atoms with Crippen molar-refractivity contribution in [1.29, 1.82) is 0 Å². The van der Waals surface area contributed by atoms with Crippen molar-refractivity contribution in [2.75, 3.05) is 17.6 Å². The minimum atomic E-state index is -3.86. The number of hydrogen-bond acceptors (Lipinski definition) is 5. The maximum absolute atomic E-state index is 12.4. The van der Waals surface area contributed by atoms with E-state index in [0.717, 1.165) is 0 Å². The summed E-state index contributed by atoms with van der Waals surface area (Å²) in [5, 5.41) is -0.0977. The molecule has 9 heteroatoms. The van der Waals surface area contributed by atoms with Crippen LogP contribution in [0.2, 0.25) is 0 Å². The van der Waals surface area contributed by atoms with Crippen molar-refractivity contribution >= 4 is 37.5 Å². The van der Waals surface area contributed by atoms with Gasteiger partial charge in [0.05, 0.1) is 19.1 Å². The van der Waals surface area contributed by atoms with E-state index in [0.29, 0.717) is 15.9 Å². The summed E-state index contributed by atoms with van der Waals surface area (Å²) >= 11 is 3.28. The fraction of sp³-hybridized carbons (Fsp3) is 0.182. The van der Waals surface area contributed by atoms with Gasteiger partial charge in [0.2, 0.25) is 0 Å². The molecule has 0 radical (unpaired) electrons.